The maximum Gasteiger partial charge on any atom is 0.126 e. The highest BCUT2D eigenvalue weighted by Gasteiger charge is 2.30. The van der Waals surface area contributed by atoms with Crippen molar-refractivity contribution >= 4 is 5.69 Å². The Morgan fingerprint density at radius 2 is 1.81 bits per heavy atom. The van der Waals surface area contributed by atoms with Crippen LogP contribution in [0.15, 0.2) is 12.1 Å². The number of benzene rings is 1. The van der Waals surface area contributed by atoms with E-state index in [4.69, 9.17) is 0 Å². The first kappa shape index (κ1) is 16.3. The van der Waals surface area contributed by atoms with Gasteiger partial charge in [-0.1, -0.05) is 20.8 Å². The van der Waals surface area contributed by atoms with Gasteiger partial charge in [-0.25, -0.2) is 4.39 Å². The smallest absolute Gasteiger partial charge is 0.126 e. The highest BCUT2D eigenvalue weighted by Crippen LogP contribution is 2.37. The monoisotopic (exact) mass is 293 g/mol. The number of aryl methyl sites for hydroxylation is 1. The SMILES string of the molecule is Cc1cc(N2CCC(C(C)(C)C)CC2)c([C@H](C)O)cc1F. The van der Waals surface area contributed by atoms with E-state index < -0.39 is 6.10 Å². The Morgan fingerprint density at radius 3 is 2.29 bits per heavy atom. The van der Waals surface area contributed by atoms with Gasteiger partial charge in [0, 0.05) is 24.3 Å². The average Bonchev–Trinajstić information content (AvgIpc) is 2.40. The number of halogens is 1. The standard InChI is InChI=1S/C18H28FNO/c1-12-10-17(15(13(2)21)11-16(12)19)20-8-6-14(7-9-20)18(3,4)5/h10-11,13-14,21H,6-9H2,1-5H3/t13-/m0/s1. The fourth-order valence-corrected chi connectivity index (χ4v) is 3.28. The van der Waals surface area contributed by atoms with Gasteiger partial charge in [0.2, 0.25) is 0 Å². The minimum atomic E-state index is -0.643. The molecule has 1 aromatic rings. The Hall–Kier alpha value is -1.09. The zero-order valence-corrected chi connectivity index (χ0v) is 13.9. The molecule has 0 saturated carbocycles. The van der Waals surface area contributed by atoms with Crippen LogP contribution in [0, 0.1) is 24.1 Å². The molecule has 0 aliphatic carbocycles. The minimum absolute atomic E-state index is 0.237. The molecular weight excluding hydrogens is 265 g/mol. The number of piperidine rings is 1. The summed E-state index contributed by atoms with van der Waals surface area (Å²) in [6.07, 6.45) is 1.66. The van der Waals surface area contributed by atoms with Crippen LogP contribution in [0.5, 0.6) is 0 Å². The molecule has 118 valence electrons. The summed E-state index contributed by atoms with van der Waals surface area (Å²) in [6, 6.07) is 3.37. The number of anilines is 1. The maximum absolute atomic E-state index is 13.8. The molecule has 1 heterocycles. The summed E-state index contributed by atoms with van der Waals surface area (Å²) in [5, 5.41) is 9.94. The van der Waals surface area contributed by atoms with Crippen LogP contribution >= 0.6 is 0 Å². The normalized spacial score (nSPS) is 18.9. The molecule has 1 saturated heterocycles. The average molecular weight is 293 g/mol. The molecule has 1 fully saturated rings. The first-order valence-electron chi connectivity index (χ1n) is 7.93. The van der Waals surface area contributed by atoms with E-state index >= 15 is 0 Å². The summed E-state index contributed by atoms with van der Waals surface area (Å²) in [5.74, 6) is 0.490. The van der Waals surface area contributed by atoms with Crippen LogP contribution in [0.2, 0.25) is 0 Å². The van der Waals surface area contributed by atoms with Crippen LogP contribution in [0.4, 0.5) is 10.1 Å². The van der Waals surface area contributed by atoms with Gasteiger partial charge in [-0.2, -0.15) is 0 Å². The predicted octanol–water partition coefficient (Wildman–Crippen LogP) is 4.45. The van der Waals surface area contributed by atoms with Gasteiger partial charge >= 0.3 is 0 Å². The first-order chi connectivity index (χ1) is 9.70. The molecule has 1 aromatic carbocycles. The molecule has 0 aromatic heterocycles. The third kappa shape index (κ3) is 3.57. The van der Waals surface area contributed by atoms with Gasteiger partial charge in [-0.3, -0.25) is 0 Å². The molecule has 0 radical (unpaired) electrons. The van der Waals surface area contributed by atoms with Crippen molar-refractivity contribution in [3.05, 3.63) is 29.1 Å². The van der Waals surface area contributed by atoms with Crippen molar-refractivity contribution in [2.45, 2.75) is 53.6 Å². The third-order valence-electron chi connectivity index (χ3n) is 4.82. The van der Waals surface area contributed by atoms with Crippen molar-refractivity contribution in [3.8, 4) is 0 Å². The lowest BCUT2D eigenvalue weighted by Gasteiger charge is -2.40. The summed E-state index contributed by atoms with van der Waals surface area (Å²) in [4.78, 5) is 2.30. The fraction of sp³-hybridized carbons (Fsp3) is 0.667. The number of hydrogen-bond donors (Lipinski definition) is 1. The topological polar surface area (TPSA) is 23.5 Å². The molecule has 0 amide bonds. The second-order valence-electron chi connectivity index (χ2n) is 7.46. The van der Waals surface area contributed by atoms with E-state index in [1.807, 2.05) is 6.07 Å². The highest BCUT2D eigenvalue weighted by molar-refractivity contribution is 5.57. The van der Waals surface area contributed by atoms with E-state index in [0.29, 0.717) is 16.5 Å². The predicted molar refractivity (Wildman–Crippen MR) is 86.2 cm³/mol. The maximum atomic E-state index is 13.8. The van der Waals surface area contributed by atoms with Crippen molar-refractivity contribution < 1.29 is 9.50 Å². The van der Waals surface area contributed by atoms with Crippen molar-refractivity contribution in [3.63, 3.8) is 0 Å². The molecule has 0 bridgehead atoms. The molecule has 1 N–H and O–H groups in total. The van der Waals surface area contributed by atoms with Gasteiger partial charge in [0.25, 0.3) is 0 Å². The van der Waals surface area contributed by atoms with Crippen LogP contribution in [-0.4, -0.2) is 18.2 Å². The Bertz CT molecular complexity index is 497. The van der Waals surface area contributed by atoms with Crippen molar-refractivity contribution in [2.24, 2.45) is 11.3 Å². The van der Waals surface area contributed by atoms with Gasteiger partial charge in [0.15, 0.2) is 0 Å². The molecule has 1 aliphatic heterocycles. The van der Waals surface area contributed by atoms with Gasteiger partial charge in [0.1, 0.15) is 5.82 Å². The van der Waals surface area contributed by atoms with Gasteiger partial charge in [-0.05, 0) is 55.7 Å². The zero-order chi connectivity index (χ0) is 15.8. The van der Waals surface area contributed by atoms with Crippen LogP contribution < -0.4 is 4.90 Å². The molecule has 0 unspecified atom stereocenters. The number of aliphatic hydroxyl groups excluding tert-OH is 1. The Morgan fingerprint density at radius 1 is 1.24 bits per heavy atom. The molecule has 3 heteroatoms. The molecule has 0 spiro atoms. The second kappa shape index (κ2) is 5.96. The summed E-state index contributed by atoms with van der Waals surface area (Å²) in [7, 11) is 0. The lowest BCUT2D eigenvalue weighted by atomic mass is 9.75. The van der Waals surface area contributed by atoms with Crippen molar-refractivity contribution in [1.82, 2.24) is 0 Å². The van der Waals surface area contributed by atoms with Crippen molar-refractivity contribution in [2.75, 3.05) is 18.0 Å². The van der Waals surface area contributed by atoms with Gasteiger partial charge in [0.05, 0.1) is 6.10 Å². The Kier molecular flexibility index (Phi) is 4.62. The Labute approximate surface area is 128 Å². The number of hydrogen-bond acceptors (Lipinski definition) is 2. The van der Waals surface area contributed by atoms with Crippen LogP contribution in [0.25, 0.3) is 0 Å². The number of rotatable bonds is 2. The molecular formula is C18H28FNO. The van der Waals surface area contributed by atoms with Crippen LogP contribution in [0.3, 0.4) is 0 Å². The third-order valence-corrected chi connectivity index (χ3v) is 4.82. The molecule has 1 atom stereocenters. The van der Waals surface area contributed by atoms with E-state index in [0.717, 1.165) is 37.5 Å². The van der Waals surface area contributed by atoms with E-state index in [1.54, 1.807) is 13.8 Å². The second-order valence-corrected chi connectivity index (χ2v) is 7.46. The summed E-state index contributed by atoms with van der Waals surface area (Å²) < 4.78 is 13.8. The fourth-order valence-electron chi connectivity index (χ4n) is 3.28. The van der Waals surface area contributed by atoms with Crippen molar-refractivity contribution in [1.29, 1.82) is 0 Å². The lowest BCUT2D eigenvalue weighted by Crippen LogP contribution is -2.38. The van der Waals surface area contributed by atoms with E-state index in [9.17, 15) is 9.50 Å². The minimum Gasteiger partial charge on any atom is -0.389 e. The van der Waals surface area contributed by atoms with Crippen LogP contribution in [0.1, 0.15) is 57.8 Å². The molecule has 1 aliphatic rings. The van der Waals surface area contributed by atoms with E-state index in [1.165, 1.54) is 6.07 Å². The summed E-state index contributed by atoms with van der Waals surface area (Å²) in [5.41, 5.74) is 2.69. The zero-order valence-electron chi connectivity index (χ0n) is 13.9. The molecule has 21 heavy (non-hydrogen) atoms. The lowest BCUT2D eigenvalue weighted by molar-refractivity contribution is 0.193. The van der Waals surface area contributed by atoms with Gasteiger partial charge in [-0.15, -0.1) is 0 Å². The molecule has 2 nitrogen and oxygen atoms in total. The first-order valence-corrected chi connectivity index (χ1v) is 7.93. The Balaban J connectivity index is 2.22. The van der Waals surface area contributed by atoms with Crippen LogP contribution in [-0.2, 0) is 0 Å². The number of aliphatic hydroxyl groups is 1. The summed E-state index contributed by atoms with van der Waals surface area (Å²) in [6.45, 7) is 12.4. The highest BCUT2D eigenvalue weighted by atomic mass is 19.1. The largest absolute Gasteiger partial charge is 0.389 e. The quantitative estimate of drug-likeness (QED) is 0.871. The van der Waals surface area contributed by atoms with E-state index in [2.05, 4.69) is 25.7 Å². The molecule has 2 rings (SSSR count). The number of nitrogens with zero attached hydrogens (tertiary/aromatic N) is 1. The van der Waals surface area contributed by atoms with E-state index in [-0.39, 0.29) is 5.82 Å². The summed E-state index contributed by atoms with van der Waals surface area (Å²) >= 11 is 0. The van der Waals surface area contributed by atoms with Gasteiger partial charge < -0.3 is 10.0 Å².